The van der Waals surface area contributed by atoms with Gasteiger partial charge in [-0.1, -0.05) is 0 Å². The van der Waals surface area contributed by atoms with Gasteiger partial charge < -0.3 is 9.72 Å². The Labute approximate surface area is 111 Å². The fourth-order valence-electron chi connectivity index (χ4n) is 1.96. The van der Waals surface area contributed by atoms with E-state index in [1.807, 2.05) is 0 Å². The van der Waals surface area contributed by atoms with Crippen molar-refractivity contribution in [1.82, 2.24) is 9.97 Å². The highest BCUT2D eigenvalue weighted by molar-refractivity contribution is 7.71. The van der Waals surface area contributed by atoms with E-state index in [2.05, 4.69) is 9.97 Å². The molecule has 3 rings (SSSR count). The third kappa shape index (κ3) is 1.91. The van der Waals surface area contributed by atoms with E-state index in [0.29, 0.717) is 16.9 Å². The lowest BCUT2D eigenvalue weighted by Crippen LogP contribution is -2.19. The summed E-state index contributed by atoms with van der Waals surface area (Å²) in [6.45, 7) is 0. The van der Waals surface area contributed by atoms with Crippen molar-refractivity contribution in [1.29, 1.82) is 0 Å². The van der Waals surface area contributed by atoms with Gasteiger partial charge in [0.15, 0.2) is 4.77 Å². The Morgan fingerprint density at radius 3 is 2.89 bits per heavy atom. The maximum atomic E-state index is 11.8. The Bertz CT molecular complexity index is 808. The maximum Gasteiger partial charge on any atom is 0.269 e. The predicted molar refractivity (Wildman–Crippen MR) is 68.2 cm³/mol. The topological polar surface area (TPSA) is 101 Å². The Morgan fingerprint density at radius 2 is 2.16 bits per heavy atom. The number of nitro benzene ring substituents is 1. The number of rotatable bonds is 1. The molecule has 1 aliphatic rings. The number of H-pyrrole nitrogens is 2. The molecule has 0 bridgehead atoms. The molecule has 0 saturated carbocycles. The quantitative estimate of drug-likeness (QED) is 0.402. The van der Waals surface area contributed by atoms with Crippen LogP contribution in [0.5, 0.6) is 11.6 Å². The average Bonchev–Trinajstić information content (AvgIpc) is 2.36. The Kier molecular flexibility index (Phi) is 2.46. The largest absolute Gasteiger partial charge is 0.440 e. The number of nitrogens with zero attached hydrogens (tertiary/aromatic N) is 1. The summed E-state index contributed by atoms with van der Waals surface area (Å²) in [5.74, 6) is 0.768. The van der Waals surface area contributed by atoms with Gasteiger partial charge in [-0.25, -0.2) is 0 Å². The van der Waals surface area contributed by atoms with Gasteiger partial charge in [-0.2, -0.15) is 0 Å². The monoisotopic (exact) mass is 277 g/mol. The van der Waals surface area contributed by atoms with Gasteiger partial charge in [-0.3, -0.25) is 19.9 Å². The van der Waals surface area contributed by atoms with Gasteiger partial charge in [-0.05, 0) is 18.3 Å². The van der Waals surface area contributed by atoms with Gasteiger partial charge in [0.2, 0.25) is 5.88 Å². The molecule has 8 heteroatoms. The van der Waals surface area contributed by atoms with Crippen molar-refractivity contribution in [2.45, 2.75) is 6.42 Å². The lowest BCUT2D eigenvalue weighted by Gasteiger charge is -2.18. The SMILES string of the molecule is O=c1[nH]c(=S)[nH]c2c1Cc1cc([N+](=O)[O-])ccc1O2. The van der Waals surface area contributed by atoms with Crippen LogP contribution in [0.25, 0.3) is 0 Å². The van der Waals surface area contributed by atoms with Crippen molar-refractivity contribution in [3.63, 3.8) is 0 Å². The zero-order chi connectivity index (χ0) is 13.6. The van der Waals surface area contributed by atoms with Gasteiger partial charge in [0.1, 0.15) is 5.75 Å². The summed E-state index contributed by atoms with van der Waals surface area (Å²) in [7, 11) is 0. The lowest BCUT2D eigenvalue weighted by atomic mass is 10.0. The van der Waals surface area contributed by atoms with Crippen molar-refractivity contribution in [3.05, 3.63) is 54.6 Å². The molecule has 1 aromatic carbocycles. The maximum absolute atomic E-state index is 11.8. The number of fused-ring (bicyclic) bond motifs is 2. The van der Waals surface area contributed by atoms with E-state index < -0.39 is 4.92 Å². The fourth-order valence-corrected chi connectivity index (χ4v) is 2.14. The van der Waals surface area contributed by atoms with Crippen LogP contribution in [-0.2, 0) is 6.42 Å². The van der Waals surface area contributed by atoms with E-state index >= 15 is 0 Å². The molecule has 2 aromatic rings. The van der Waals surface area contributed by atoms with Crippen LogP contribution in [0.4, 0.5) is 5.69 Å². The molecule has 19 heavy (non-hydrogen) atoms. The molecular formula is C11H7N3O4S. The number of nitro groups is 1. The Hall–Kier alpha value is -2.48. The molecule has 7 nitrogen and oxygen atoms in total. The van der Waals surface area contributed by atoms with E-state index in [0.717, 1.165) is 0 Å². The first kappa shape index (κ1) is 11.6. The normalized spacial score (nSPS) is 12.2. The molecule has 2 N–H and O–H groups in total. The number of hydrogen-bond acceptors (Lipinski definition) is 5. The van der Waals surface area contributed by atoms with E-state index in [9.17, 15) is 14.9 Å². The minimum Gasteiger partial charge on any atom is -0.440 e. The summed E-state index contributed by atoms with van der Waals surface area (Å²) >= 11 is 4.86. The number of aromatic nitrogens is 2. The van der Waals surface area contributed by atoms with Crippen molar-refractivity contribution in [3.8, 4) is 11.6 Å². The first-order valence-electron chi connectivity index (χ1n) is 5.35. The molecule has 0 saturated heterocycles. The summed E-state index contributed by atoms with van der Waals surface area (Å²) < 4.78 is 5.68. The number of nitrogens with one attached hydrogen (secondary N) is 2. The first-order valence-corrected chi connectivity index (χ1v) is 5.76. The molecule has 2 heterocycles. The van der Waals surface area contributed by atoms with Crippen LogP contribution in [-0.4, -0.2) is 14.9 Å². The number of ether oxygens (including phenoxy) is 1. The van der Waals surface area contributed by atoms with Gasteiger partial charge >= 0.3 is 0 Å². The molecule has 0 unspecified atom stereocenters. The van der Waals surface area contributed by atoms with E-state index in [4.69, 9.17) is 17.0 Å². The third-order valence-electron chi connectivity index (χ3n) is 2.84. The second-order valence-corrected chi connectivity index (χ2v) is 4.45. The minimum absolute atomic E-state index is 0.0360. The van der Waals surface area contributed by atoms with Crippen molar-refractivity contribution >= 4 is 17.9 Å². The van der Waals surface area contributed by atoms with Crippen molar-refractivity contribution < 1.29 is 9.66 Å². The molecular weight excluding hydrogens is 270 g/mol. The second-order valence-electron chi connectivity index (χ2n) is 4.04. The van der Waals surface area contributed by atoms with Gasteiger partial charge in [0.05, 0.1) is 10.5 Å². The van der Waals surface area contributed by atoms with Gasteiger partial charge in [0, 0.05) is 24.1 Å². The van der Waals surface area contributed by atoms with Crippen LogP contribution in [0, 0.1) is 14.9 Å². The first-order chi connectivity index (χ1) is 9.04. The fraction of sp³-hybridized carbons (Fsp3) is 0.0909. The van der Waals surface area contributed by atoms with Crippen LogP contribution in [0.1, 0.15) is 11.1 Å². The third-order valence-corrected chi connectivity index (χ3v) is 3.04. The van der Waals surface area contributed by atoms with E-state index in [-0.39, 0.29) is 28.3 Å². The summed E-state index contributed by atoms with van der Waals surface area (Å²) in [5, 5.41) is 10.7. The van der Waals surface area contributed by atoms with Crippen LogP contribution in [0.15, 0.2) is 23.0 Å². The second kappa shape index (κ2) is 4.02. The van der Waals surface area contributed by atoms with Crippen LogP contribution >= 0.6 is 12.2 Å². The summed E-state index contributed by atoms with van der Waals surface area (Å²) in [4.78, 5) is 27.2. The zero-order valence-corrected chi connectivity index (χ0v) is 10.2. The van der Waals surface area contributed by atoms with Crippen LogP contribution in [0.2, 0.25) is 0 Å². The summed E-state index contributed by atoms with van der Waals surface area (Å²) in [5.41, 5.74) is 0.585. The molecule has 1 aromatic heterocycles. The highest BCUT2D eigenvalue weighted by atomic mass is 32.1. The standard InChI is InChI=1S/C11H7N3O4S/c15-9-7-4-5-3-6(14(16)17)1-2-8(5)18-10(7)13-11(19)12-9/h1-3H,4H2,(H2,12,13,15,19). The Balaban J connectivity index is 2.14. The molecule has 0 atom stereocenters. The number of benzene rings is 1. The van der Waals surface area contributed by atoms with Crippen LogP contribution in [0.3, 0.4) is 0 Å². The number of non-ortho nitro benzene ring substituents is 1. The summed E-state index contributed by atoms with van der Waals surface area (Å²) in [6, 6.07) is 4.26. The van der Waals surface area contributed by atoms with Gasteiger partial charge in [0.25, 0.3) is 11.2 Å². The summed E-state index contributed by atoms with van der Waals surface area (Å²) in [6.07, 6.45) is 0.258. The Morgan fingerprint density at radius 1 is 1.37 bits per heavy atom. The smallest absolute Gasteiger partial charge is 0.269 e. The number of aromatic amines is 2. The predicted octanol–water partition coefficient (Wildman–Crippen LogP) is 2.04. The molecule has 1 aliphatic heterocycles. The highest BCUT2D eigenvalue weighted by Crippen LogP contribution is 2.35. The lowest BCUT2D eigenvalue weighted by molar-refractivity contribution is -0.384. The van der Waals surface area contributed by atoms with E-state index in [1.165, 1.54) is 18.2 Å². The number of hydrogen-bond donors (Lipinski definition) is 2. The van der Waals surface area contributed by atoms with Crippen LogP contribution < -0.4 is 10.3 Å². The highest BCUT2D eigenvalue weighted by Gasteiger charge is 2.22. The molecule has 0 fully saturated rings. The average molecular weight is 277 g/mol. The molecule has 0 radical (unpaired) electrons. The van der Waals surface area contributed by atoms with E-state index in [1.54, 1.807) is 0 Å². The molecule has 96 valence electrons. The molecule has 0 aliphatic carbocycles. The van der Waals surface area contributed by atoms with Crippen molar-refractivity contribution in [2.75, 3.05) is 0 Å². The minimum atomic E-state index is -0.488. The molecule has 0 amide bonds. The molecule has 0 spiro atoms. The zero-order valence-electron chi connectivity index (χ0n) is 9.43. The van der Waals surface area contributed by atoms with Gasteiger partial charge in [-0.15, -0.1) is 0 Å². The van der Waals surface area contributed by atoms with Crippen molar-refractivity contribution in [2.24, 2.45) is 0 Å².